The molecule has 1 heterocycles. The molecule has 7 heteroatoms. The Kier molecular flexibility index (Phi) is 6.15. The number of primary amides is 1. The highest BCUT2D eigenvalue weighted by Gasteiger charge is 2.54. The fourth-order valence-electron chi connectivity index (χ4n) is 2.96. The molecule has 6 nitrogen and oxygen atoms in total. The maximum Gasteiger partial charge on any atom is 0.482 e. The van der Waals surface area contributed by atoms with Crippen molar-refractivity contribution in [2.45, 2.75) is 85.4 Å². The van der Waals surface area contributed by atoms with E-state index in [2.05, 4.69) is 19.2 Å². The van der Waals surface area contributed by atoms with Gasteiger partial charge in [-0.1, -0.05) is 27.7 Å². The van der Waals surface area contributed by atoms with E-state index in [0.717, 1.165) is 6.42 Å². The first-order valence-corrected chi connectivity index (χ1v) is 8.63. The molecular weight excluding hydrogens is 307 g/mol. The van der Waals surface area contributed by atoms with Gasteiger partial charge in [-0.15, -0.1) is 0 Å². The van der Waals surface area contributed by atoms with E-state index in [1.807, 2.05) is 41.5 Å². The Balaban J connectivity index is 2.92. The molecule has 1 aliphatic heterocycles. The van der Waals surface area contributed by atoms with Gasteiger partial charge in [0.25, 0.3) is 0 Å². The number of nitrogens with two attached hydrogens (primary N) is 1. The Morgan fingerprint density at radius 3 is 1.96 bits per heavy atom. The molecule has 0 aromatic carbocycles. The minimum Gasteiger partial charge on any atom is -0.402 e. The van der Waals surface area contributed by atoms with E-state index in [4.69, 9.17) is 15.0 Å². The predicted octanol–water partition coefficient (Wildman–Crippen LogP) is 2.05. The molecule has 1 saturated heterocycles. The van der Waals surface area contributed by atoms with E-state index in [-0.39, 0.29) is 12.3 Å². The van der Waals surface area contributed by atoms with Crippen molar-refractivity contribution >= 4 is 18.9 Å². The molecule has 1 rings (SSSR count). The van der Waals surface area contributed by atoms with Crippen LogP contribution >= 0.6 is 0 Å². The van der Waals surface area contributed by atoms with E-state index in [9.17, 15) is 9.59 Å². The fourth-order valence-corrected chi connectivity index (χ4v) is 2.96. The summed E-state index contributed by atoms with van der Waals surface area (Å²) in [7, 11) is -0.707. The fraction of sp³-hybridized carbons (Fsp3) is 0.882. The summed E-state index contributed by atoms with van der Waals surface area (Å²) in [6, 6.07) is 0. The number of hydrogen-bond donors (Lipinski definition) is 2. The van der Waals surface area contributed by atoms with Crippen LogP contribution in [0.5, 0.6) is 0 Å². The summed E-state index contributed by atoms with van der Waals surface area (Å²) >= 11 is 0. The predicted molar refractivity (Wildman–Crippen MR) is 95.1 cm³/mol. The third-order valence-corrected chi connectivity index (χ3v) is 4.87. The van der Waals surface area contributed by atoms with Gasteiger partial charge in [0, 0.05) is 11.8 Å². The summed E-state index contributed by atoms with van der Waals surface area (Å²) < 4.78 is 12.0. The molecular formula is C17H33BN2O4. The van der Waals surface area contributed by atoms with Gasteiger partial charge < -0.3 is 20.4 Å². The molecule has 0 radical (unpaired) electrons. The van der Waals surface area contributed by atoms with Crippen molar-refractivity contribution < 1.29 is 18.9 Å². The van der Waals surface area contributed by atoms with E-state index in [1.165, 1.54) is 0 Å². The normalized spacial score (nSPS) is 21.0. The van der Waals surface area contributed by atoms with Crippen molar-refractivity contribution in [3.05, 3.63) is 0 Å². The molecule has 0 unspecified atom stereocenters. The SMILES string of the molecule is CC(C)CC(C)(C)C(=O)N[C@H](CC(N)=O)B1OC(C)(C)C(C)(C)O1. The van der Waals surface area contributed by atoms with Crippen LogP contribution in [0.25, 0.3) is 0 Å². The third-order valence-electron chi connectivity index (χ3n) is 4.87. The molecule has 0 aliphatic carbocycles. The number of carbonyl (C=O) groups excluding carboxylic acids is 2. The Morgan fingerprint density at radius 2 is 1.58 bits per heavy atom. The molecule has 1 fully saturated rings. The highest BCUT2D eigenvalue weighted by Crippen LogP contribution is 2.38. The van der Waals surface area contributed by atoms with Crippen molar-refractivity contribution in [2.75, 3.05) is 0 Å². The summed E-state index contributed by atoms with van der Waals surface area (Å²) in [5.41, 5.74) is 3.74. The van der Waals surface area contributed by atoms with Gasteiger partial charge in [-0.05, 0) is 40.0 Å². The Hall–Kier alpha value is -1.08. The van der Waals surface area contributed by atoms with Gasteiger partial charge >= 0.3 is 7.12 Å². The van der Waals surface area contributed by atoms with Crippen LogP contribution in [0, 0.1) is 11.3 Å². The van der Waals surface area contributed by atoms with E-state index < -0.39 is 35.6 Å². The first-order chi connectivity index (χ1) is 10.7. The zero-order chi connectivity index (χ0) is 18.9. The zero-order valence-electron chi connectivity index (χ0n) is 16.4. The monoisotopic (exact) mass is 340 g/mol. The Bertz CT molecular complexity index is 473. The van der Waals surface area contributed by atoms with Crippen LogP contribution in [-0.4, -0.2) is 36.1 Å². The van der Waals surface area contributed by atoms with E-state index in [1.54, 1.807) is 0 Å². The van der Waals surface area contributed by atoms with Gasteiger partial charge in [0.05, 0.1) is 17.1 Å². The van der Waals surface area contributed by atoms with Gasteiger partial charge in [-0.2, -0.15) is 0 Å². The third kappa shape index (κ3) is 4.96. The van der Waals surface area contributed by atoms with Crippen LogP contribution in [0.1, 0.15) is 68.2 Å². The number of carbonyl (C=O) groups is 2. The van der Waals surface area contributed by atoms with Crippen LogP contribution in [0.3, 0.4) is 0 Å². The minimum atomic E-state index is -0.707. The second kappa shape index (κ2) is 7.04. The van der Waals surface area contributed by atoms with Gasteiger partial charge in [0.15, 0.2) is 0 Å². The molecule has 138 valence electrons. The summed E-state index contributed by atoms with van der Waals surface area (Å²) in [5, 5.41) is 2.92. The van der Waals surface area contributed by atoms with Crippen molar-refractivity contribution in [1.29, 1.82) is 0 Å². The second-order valence-electron chi connectivity index (χ2n) is 8.86. The van der Waals surface area contributed by atoms with Crippen LogP contribution < -0.4 is 11.1 Å². The lowest BCUT2D eigenvalue weighted by atomic mass is 9.74. The van der Waals surface area contributed by atoms with Crippen LogP contribution in [0.2, 0.25) is 0 Å². The maximum atomic E-state index is 12.7. The van der Waals surface area contributed by atoms with Crippen LogP contribution in [0.15, 0.2) is 0 Å². The van der Waals surface area contributed by atoms with E-state index >= 15 is 0 Å². The summed E-state index contributed by atoms with van der Waals surface area (Å²) in [6.45, 7) is 15.7. The first-order valence-electron chi connectivity index (χ1n) is 8.63. The second-order valence-corrected chi connectivity index (χ2v) is 8.86. The van der Waals surface area contributed by atoms with E-state index in [0.29, 0.717) is 5.92 Å². The Labute approximate surface area is 146 Å². The molecule has 0 saturated carbocycles. The molecule has 0 aromatic rings. The maximum absolute atomic E-state index is 12.7. The lowest BCUT2D eigenvalue weighted by Gasteiger charge is -2.32. The molecule has 3 N–H and O–H groups in total. The smallest absolute Gasteiger partial charge is 0.402 e. The summed E-state index contributed by atoms with van der Waals surface area (Å²) in [4.78, 5) is 24.2. The molecule has 1 aliphatic rings. The van der Waals surface area contributed by atoms with Crippen molar-refractivity contribution in [3.63, 3.8) is 0 Å². The average molecular weight is 340 g/mol. The minimum absolute atomic E-state index is 0.0275. The number of hydrogen-bond acceptors (Lipinski definition) is 4. The highest BCUT2D eigenvalue weighted by atomic mass is 16.7. The van der Waals surface area contributed by atoms with Crippen molar-refractivity contribution in [1.82, 2.24) is 5.32 Å². The molecule has 2 amide bonds. The largest absolute Gasteiger partial charge is 0.482 e. The summed E-state index contributed by atoms with van der Waals surface area (Å²) in [6.07, 6.45) is 0.714. The van der Waals surface area contributed by atoms with Gasteiger partial charge in [0.2, 0.25) is 11.8 Å². The van der Waals surface area contributed by atoms with Crippen molar-refractivity contribution in [2.24, 2.45) is 17.1 Å². The van der Waals surface area contributed by atoms with Crippen LogP contribution in [-0.2, 0) is 18.9 Å². The quantitative estimate of drug-likeness (QED) is 0.694. The number of amides is 2. The lowest BCUT2D eigenvalue weighted by molar-refractivity contribution is -0.130. The zero-order valence-corrected chi connectivity index (χ0v) is 16.4. The van der Waals surface area contributed by atoms with Gasteiger partial charge in [0.1, 0.15) is 0 Å². The lowest BCUT2D eigenvalue weighted by Crippen LogP contribution is -2.53. The van der Waals surface area contributed by atoms with Crippen LogP contribution in [0.4, 0.5) is 0 Å². The molecule has 1 atom stereocenters. The standard InChI is InChI=1S/C17H33BN2O4/c1-11(2)10-15(3,4)14(22)20-12(9-13(19)21)18-23-16(5,6)17(7,8)24-18/h11-12H,9-10H2,1-8H3,(H2,19,21)(H,20,22)/t12-/m1/s1. The summed E-state index contributed by atoms with van der Waals surface area (Å²) in [5.74, 6) is -0.853. The molecule has 0 bridgehead atoms. The van der Waals surface area contributed by atoms with Gasteiger partial charge in [-0.3, -0.25) is 9.59 Å². The molecule has 0 aromatic heterocycles. The molecule has 24 heavy (non-hydrogen) atoms. The topological polar surface area (TPSA) is 90.7 Å². The van der Waals surface area contributed by atoms with Gasteiger partial charge in [-0.25, -0.2) is 0 Å². The first kappa shape index (κ1) is 21.0. The van der Waals surface area contributed by atoms with Crippen molar-refractivity contribution in [3.8, 4) is 0 Å². The number of nitrogens with one attached hydrogen (secondary N) is 1. The average Bonchev–Trinajstić information content (AvgIpc) is 2.55. The Morgan fingerprint density at radius 1 is 1.12 bits per heavy atom. The number of rotatable bonds is 7. The molecule has 0 spiro atoms. The highest BCUT2D eigenvalue weighted by molar-refractivity contribution is 6.48.